The summed E-state index contributed by atoms with van der Waals surface area (Å²) < 4.78 is 1.39. The highest BCUT2D eigenvalue weighted by atomic mass is 35.5. The molecule has 3 N–H and O–H groups in total. The lowest BCUT2D eigenvalue weighted by Crippen LogP contribution is -2.32. The second-order valence-electron chi connectivity index (χ2n) is 4.72. The van der Waals surface area contributed by atoms with Crippen LogP contribution in [0, 0.1) is 5.92 Å². The molecule has 1 aromatic rings. The van der Waals surface area contributed by atoms with Crippen molar-refractivity contribution in [2.75, 3.05) is 11.9 Å². The average molecular weight is 271 g/mol. The molecule has 5 nitrogen and oxygen atoms in total. The first kappa shape index (κ1) is 13.4. The molecule has 1 aliphatic carbocycles. The summed E-state index contributed by atoms with van der Waals surface area (Å²) >= 11 is 6.08. The van der Waals surface area contributed by atoms with Gasteiger partial charge in [-0.2, -0.15) is 5.10 Å². The number of hydrogen-bond donors (Lipinski definition) is 2. The van der Waals surface area contributed by atoms with Crippen LogP contribution in [-0.4, -0.2) is 22.4 Å². The molecule has 0 amide bonds. The molecular weight excluding hydrogens is 252 g/mol. The van der Waals surface area contributed by atoms with E-state index < -0.39 is 0 Å². The van der Waals surface area contributed by atoms with Gasteiger partial charge >= 0.3 is 0 Å². The summed E-state index contributed by atoms with van der Waals surface area (Å²) in [5, 5.41) is 7.55. The van der Waals surface area contributed by atoms with Gasteiger partial charge in [0.25, 0.3) is 5.56 Å². The zero-order valence-electron chi connectivity index (χ0n) is 10.5. The van der Waals surface area contributed by atoms with E-state index in [0.717, 1.165) is 6.42 Å². The van der Waals surface area contributed by atoms with Gasteiger partial charge in [0, 0.05) is 19.1 Å². The molecule has 0 spiro atoms. The number of nitrogens with one attached hydrogen (secondary N) is 1. The molecule has 0 aliphatic heterocycles. The van der Waals surface area contributed by atoms with Crippen LogP contribution in [0.2, 0.25) is 5.02 Å². The lowest BCUT2D eigenvalue weighted by molar-refractivity contribution is 0.567. The first-order chi connectivity index (χ1) is 8.67. The Balaban J connectivity index is 2.18. The second-order valence-corrected chi connectivity index (χ2v) is 5.10. The number of nitrogens with two attached hydrogens (primary N) is 1. The highest BCUT2D eigenvalue weighted by Crippen LogP contribution is 2.34. The van der Waals surface area contributed by atoms with Gasteiger partial charge in [-0.1, -0.05) is 18.5 Å². The number of anilines is 1. The van der Waals surface area contributed by atoms with Crippen molar-refractivity contribution in [3.05, 3.63) is 21.6 Å². The van der Waals surface area contributed by atoms with Crippen molar-refractivity contribution in [2.24, 2.45) is 11.7 Å². The third-order valence-corrected chi connectivity index (χ3v) is 3.57. The predicted molar refractivity (Wildman–Crippen MR) is 73.0 cm³/mol. The van der Waals surface area contributed by atoms with Crippen molar-refractivity contribution in [3.63, 3.8) is 0 Å². The number of halogens is 1. The van der Waals surface area contributed by atoms with Gasteiger partial charge in [0.05, 0.1) is 11.9 Å². The zero-order chi connectivity index (χ0) is 13.1. The Hall–Kier alpha value is -1.07. The summed E-state index contributed by atoms with van der Waals surface area (Å²) in [5.41, 5.74) is 6.07. The third kappa shape index (κ3) is 2.84. The van der Waals surface area contributed by atoms with Gasteiger partial charge in [0.1, 0.15) is 5.02 Å². The van der Waals surface area contributed by atoms with E-state index in [1.807, 2.05) is 6.92 Å². The van der Waals surface area contributed by atoms with Crippen molar-refractivity contribution >= 4 is 17.3 Å². The molecule has 1 fully saturated rings. The quantitative estimate of drug-likeness (QED) is 0.821. The minimum absolute atomic E-state index is 0.186. The van der Waals surface area contributed by atoms with Crippen LogP contribution < -0.4 is 16.6 Å². The smallest absolute Gasteiger partial charge is 0.287 e. The Bertz CT molecular complexity index is 470. The number of aryl methyl sites for hydroxylation is 1. The van der Waals surface area contributed by atoms with Crippen molar-refractivity contribution in [1.29, 1.82) is 0 Å². The van der Waals surface area contributed by atoms with Gasteiger partial charge in [0.15, 0.2) is 0 Å². The minimum Gasteiger partial charge on any atom is -0.378 e. The topological polar surface area (TPSA) is 72.9 Å². The van der Waals surface area contributed by atoms with Gasteiger partial charge < -0.3 is 11.1 Å². The van der Waals surface area contributed by atoms with E-state index in [1.165, 1.54) is 17.5 Å². The van der Waals surface area contributed by atoms with Crippen LogP contribution in [0.15, 0.2) is 11.0 Å². The molecule has 0 saturated heterocycles. The maximum absolute atomic E-state index is 11.9. The standard InChI is InChI=1S/C12H19ClN4O/c1-2-5-17-12(18)11(13)10(7-15-17)16-9(6-14)8-3-4-8/h7-9,16H,2-6,14H2,1H3. The number of nitrogens with zero attached hydrogens (tertiary/aromatic N) is 2. The molecular formula is C12H19ClN4O. The molecule has 1 aliphatic rings. The lowest BCUT2D eigenvalue weighted by atomic mass is 10.2. The molecule has 1 atom stereocenters. The van der Waals surface area contributed by atoms with Gasteiger partial charge in [-0.3, -0.25) is 4.79 Å². The van der Waals surface area contributed by atoms with E-state index in [2.05, 4.69) is 10.4 Å². The highest BCUT2D eigenvalue weighted by molar-refractivity contribution is 6.32. The number of rotatable bonds is 6. The molecule has 18 heavy (non-hydrogen) atoms. The summed E-state index contributed by atoms with van der Waals surface area (Å²) in [6, 6.07) is 0.186. The molecule has 0 bridgehead atoms. The largest absolute Gasteiger partial charge is 0.378 e. The fraction of sp³-hybridized carbons (Fsp3) is 0.667. The van der Waals surface area contributed by atoms with Gasteiger partial charge in [0.2, 0.25) is 0 Å². The maximum atomic E-state index is 11.9. The third-order valence-electron chi connectivity index (χ3n) is 3.21. The number of aromatic nitrogens is 2. The van der Waals surface area contributed by atoms with Crippen molar-refractivity contribution < 1.29 is 0 Å². The highest BCUT2D eigenvalue weighted by Gasteiger charge is 2.30. The second kappa shape index (κ2) is 5.71. The Morgan fingerprint density at radius 2 is 2.39 bits per heavy atom. The van der Waals surface area contributed by atoms with E-state index in [4.69, 9.17) is 17.3 Å². The molecule has 2 rings (SSSR count). The van der Waals surface area contributed by atoms with Crippen LogP contribution in [0.4, 0.5) is 5.69 Å². The maximum Gasteiger partial charge on any atom is 0.287 e. The fourth-order valence-corrected chi connectivity index (χ4v) is 2.21. The summed E-state index contributed by atoms with van der Waals surface area (Å²) in [5.74, 6) is 0.601. The van der Waals surface area contributed by atoms with Crippen LogP contribution in [0.3, 0.4) is 0 Å². The Kier molecular flexibility index (Phi) is 4.24. The molecule has 1 unspecified atom stereocenters. The molecule has 0 radical (unpaired) electrons. The number of hydrogen-bond acceptors (Lipinski definition) is 4. The van der Waals surface area contributed by atoms with Crippen molar-refractivity contribution in [2.45, 2.75) is 38.8 Å². The van der Waals surface area contributed by atoms with Gasteiger partial charge in [-0.15, -0.1) is 0 Å². The van der Waals surface area contributed by atoms with Crippen molar-refractivity contribution in [1.82, 2.24) is 9.78 Å². The van der Waals surface area contributed by atoms with Crippen LogP contribution in [0.1, 0.15) is 26.2 Å². The van der Waals surface area contributed by atoms with E-state index in [-0.39, 0.29) is 16.6 Å². The Labute approximate surface area is 111 Å². The molecule has 1 saturated carbocycles. The SMILES string of the molecule is CCCn1ncc(NC(CN)C2CC2)c(Cl)c1=O. The van der Waals surface area contributed by atoms with Crippen LogP contribution in [-0.2, 0) is 6.54 Å². The normalized spacial score (nSPS) is 16.6. The molecule has 6 heteroatoms. The van der Waals surface area contributed by atoms with E-state index in [1.54, 1.807) is 6.20 Å². The molecule has 100 valence electrons. The van der Waals surface area contributed by atoms with Crippen LogP contribution >= 0.6 is 11.6 Å². The monoisotopic (exact) mass is 270 g/mol. The summed E-state index contributed by atoms with van der Waals surface area (Å²) in [7, 11) is 0. The Morgan fingerprint density at radius 1 is 1.67 bits per heavy atom. The van der Waals surface area contributed by atoms with Crippen LogP contribution in [0.5, 0.6) is 0 Å². The molecule has 1 aromatic heterocycles. The van der Waals surface area contributed by atoms with E-state index in [9.17, 15) is 4.79 Å². The average Bonchev–Trinajstić information content (AvgIpc) is 3.19. The Morgan fingerprint density at radius 3 is 2.94 bits per heavy atom. The van der Waals surface area contributed by atoms with Crippen LogP contribution in [0.25, 0.3) is 0 Å². The molecule has 1 heterocycles. The first-order valence-electron chi connectivity index (χ1n) is 6.39. The zero-order valence-corrected chi connectivity index (χ0v) is 11.3. The van der Waals surface area contributed by atoms with E-state index >= 15 is 0 Å². The summed E-state index contributed by atoms with van der Waals surface area (Å²) in [6.07, 6.45) is 4.84. The molecule has 0 aromatic carbocycles. The lowest BCUT2D eigenvalue weighted by Gasteiger charge is -2.18. The predicted octanol–water partition coefficient (Wildman–Crippen LogP) is 1.46. The summed E-state index contributed by atoms with van der Waals surface area (Å²) in [6.45, 7) is 3.12. The fourth-order valence-electron chi connectivity index (χ4n) is 2.00. The first-order valence-corrected chi connectivity index (χ1v) is 6.77. The van der Waals surface area contributed by atoms with Crippen molar-refractivity contribution in [3.8, 4) is 0 Å². The van der Waals surface area contributed by atoms with E-state index in [0.29, 0.717) is 24.7 Å². The minimum atomic E-state index is -0.241. The summed E-state index contributed by atoms with van der Waals surface area (Å²) in [4.78, 5) is 11.9. The van der Waals surface area contributed by atoms with Gasteiger partial charge in [-0.25, -0.2) is 4.68 Å². The van der Waals surface area contributed by atoms with Gasteiger partial charge in [-0.05, 0) is 25.2 Å².